The first-order valence-electron chi connectivity index (χ1n) is 11.2. The molecule has 36 heavy (non-hydrogen) atoms. The van der Waals surface area contributed by atoms with Gasteiger partial charge in [-0.1, -0.05) is 54.1 Å². The fourth-order valence-electron chi connectivity index (χ4n) is 3.69. The lowest BCUT2D eigenvalue weighted by atomic mass is 10.0. The second-order valence-electron chi connectivity index (χ2n) is 7.94. The lowest BCUT2D eigenvalue weighted by molar-refractivity contribution is 0.251. The van der Waals surface area contributed by atoms with Crippen LogP contribution in [0.15, 0.2) is 109 Å². The van der Waals surface area contributed by atoms with Crippen LogP contribution in [0.1, 0.15) is 0 Å². The van der Waals surface area contributed by atoms with Crippen molar-refractivity contribution in [2.45, 2.75) is 0 Å². The van der Waals surface area contributed by atoms with Gasteiger partial charge in [0.25, 0.3) is 0 Å². The van der Waals surface area contributed by atoms with Crippen LogP contribution in [0.5, 0.6) is 17.2 Å². The van der Waals surface area contributed by atoms with Crippen molar-refractivity contribution in [3.05, 3.63) is 114 Å². The fraction of sp³-hybridized carbons (Fsp3) is 0.0345. The number of methoxy groups -OCH3 is 1. The largest absolute Gasteiger partial charge is 0.497 e. The first-order chi connectivity index (χ1) is 17.6. The number of aromatic nitrogens is 2. The van der Waals surface area contributed by atoms with Gasteiger partial charge in [0, 0.05) is 28.0 Å². The number of rotatable bonds is 6. The van der Waals surface area contributed by atoms with Gasteiger partial charge in [-0.15, -0.1) is 0 Å². The number of amides is 1. The van der Waals surface area contributed by atoms with Crippen LogP contribution in [0.25, 0.3) is 22.4 Å². The van der Waals surface area contributed by atoms with E-state index in [2.05, 4.69) is 10.4 Å². The highest BCUT2D eigenvalue weighted by atomic mass is 35.5. The van der Waals surface area contributed by atoms with E-state index < -0.39 is 0 Å². The predicted molar refractivity (Wildman–Crippen MR) is 142 cm³/mol. The Morgan fingerprint density at radius 2 is 1.39 bits per heavy atom. The van der Waals surface area contributed by atoms with E-state index in [1.807, 2.05) is 66.7 Å². The molecule has 6 nitrogen and oxygen atoms in total. The van der Waals surface area contributed by atoms with Crippen LogP contribution >= 0.6 is 11.6 Å². The van der Waals surface area contributed by atoms with Crippen molar-refractivity contribution in [2.24, 2.45) is 0 Å². The molecule has 0 aliphatic carbocycles. The summed E-state index contributed by atoms with van der Waals surface area (Å²) < 4.78 is 12.3. The van der Waals surface area contributed by atoms with E-state index >= 15 is 0 Å². The van der Waals surface area contributed by atoms with E-state index in [-0.39, 0.29) is 6.03 Å². The van der Waals surface area contributed by atoms with E-state index in [0.29, 0.717) is 27.9 Å². The maximum absolute atomic E-state index is 13.1. The van der Waals surface area contributed by atoms with Gasteiger partial charge in [0.1, 0.15) is 22.9 Å². The van der Waals surface area contributed by atoms with Gasteiger partial charge in [-0.2, -0.15) is 9.78 Å². The second kappa shape index (κ2) is 10.4. The maximum atomic E-state index is 13.1. The Morgan fingerprint density at radius 3 is 2.03 bits per heavy atom. The summed E-state index contributed by atoms with van der Waals surface area (Å²) in [5.74, 6) is 2.09. The van der Waals surface area contributed by atoms with Gasteiger partial charge in [-0.05, 0) is 66.2 Å². The molecule has 5 aromatic rings. The molecule has 0 bridgehead atoms. The van der Waals surface area contributed by atoms with Crippen LogP contribution in [0, 0.1) is 0 Å². The lowest BCUT2D eigenvalue weighted by Crippen LogP contribution is -2.19. The highest BCUT2D eigenvalue weighted by molar-refractivity contribution is 6.30. The third-order valence-electron chi connectivity index (χ3n) is 5.53. The number of nitrogens with zero attached hydrogens (tertiary/aromatic N) is 2. The number of ether oxygens (including phenoxy) is 2. The van der Waals surface area contributed by atoms with E-state index in [4.69, 9.17) is 21.1 Å². The quantitative estimate of drug-likeness (QED) is 0.261. The number of hydrogen-bond acceptors (Lipinski definition) is 4. The average Bonchev–Trinajstić information content (AvgIpc) is 3.37. The molecule has 0 saturated heterocycles. The number of hydrogen-bond donors (Lipinski definition) is 1. The molecular weight excluding hydrogens is 474 g/mol. The van der Waals surface area contributed by atoms with E-state index in [0.717, 1.165) is 22.4 Å². The van der Waals surface area contributed by atoms with Gasteiger partial charge in [-0.3, -0.25) is 0 Å². The summed E-state index contributed by atoms with van der Waals surface area (Å²) in [6.07, 6.45) is 1.73. The van der Waals surface area contributed by atoms with Crippen LogP contribution < -0.4 is 14.8 Å². The van der Waals surface area contributed by atoms with Gasteiger partial charge in [0.05, 0.1) is 7.11 Å². The third kappa shape index (κ3) is 5.24. The molecule has 0 atom stereocenters. The molecule has 1 amide bonds. The predicted octanol–water partition coefficient (Wildman–Crippen LogP) is 7.75. The standard InChI is InChI=1S/C29H22ClN3O3/c1-35-24-15-17-26(18-16-24)36-25-13-11-23(12-14-25)31-29(34)33-19-27(20-5-3-2-4-6-20)28(32-33)21-7-9-22(30)10-8-21/h2-19H,1H3,(H,31,34). The molecule has 4 aromatic carbocycles. The average molecular weight is 496 g/mol. The number of carbonyl (C=O) groups excluding carboxylic acids is 1. The Balaban J connectivity index is 1.35. The van der Waals surface area contributed by atoms with Crippen molar-refractivity contribution in [1.82, 2.24) is 9.78 Å². The SMILES string of the molecule is COc1ccc(Oc2ccc(NC(=O)n3cc(-c4ccccc4)c(-c4ccc(Cl)cc4)n3)cc2)cc1. The molecule has 1 aromatic heterocycles. The molecule has 0 saturated carbocycles. The number of benzene rings is 4. The van der Waals surface area contributed by atoms with Gasteiger partial charge in [0.15, 0.2) is 0 Å². The second-order valence-corrected chi connectivity index (χ2v) is 8.38. The molecule has 0 spiro atoms. The highest BCUT2D eigenvalue weighted by Gasteiger charge is 2.17. The van der Waals surface area contributed by atoms with Crippen LogP contribution in [0.3, 0.4) is 0 Å². The first-order valence-corrected chi connectivity index (χ1v) is 11.6. The van der Waals surface area contributed by atoms with E-state index in [9.17, 15) is 4.79 Å². The minimum atomic E-state index is -0.379. The van der Waals surface area contributed by atoms with Crippen LogP contribution in [-0.4, -0.2) is 22.9 Å². The molecule has 0 aliphatic heterocycles. The van der Waals surface area contributed by atoms with Gasteiger partial charge < -0.3 is 14.8 Å². The zero-order valence-electron chi connectivity index (χ0n) is 19.4. The third-order valence-corrected chi connectivity index (χ3v) is 5.78. The fourth-order valence-corrected chi connectivity index (χ4v) is 3.82. The Morgan fingerprint density at radius 1 is 0.778 bits per heavy atom. The number of anilines is 1. The number of carbonyl (C=O) groups is 1. The smallest absolute Gasteiger partial charge is 0.346 e. The minimum absolute atomic E-state index is 0.379. The van der Waals surface area contributed by atoms with E-state index in [1.54, 1.807) is 49.7 Å². The Bertz CT molecular complexity index is 1460. The van der Waals surface area contributed by atoms with Crippen molar-refractivity contribution in [1.29, 1.82) is 0 Å². The Labute approximate surface area is 213 Å². The van der Waals surface area contributed by atoms with Gasteiger partial charge >= 0.3 is 6.03 Å². The van der Waals surface area contributed by atoms with Crippen LogP contribution in [-0.2, 0) is 0 Å². The normalized spacial score (nSPS) is 10.6. The molecule has 0 radical (unpaired) electrons. The summed E-state index contributed by atoms with van der Waals surface area (Å²) in [6, 6.07) is 31.3. The monoisotopic (exact) mass is 495 g/mol. The maximum Gasteiger partial charge on any atom is 0.346 e. The highest BCUT2D eigenvalue weighted by Crippen LogP contribution is 2.32. The topological polar surface area (TPSA) is 65.4 Å². The number of nitrogens with one attached hydrogen (secondary N) is 1. The summed E-state index contributed by atoms with van der Waals surface area (Å²) in [5.41, 5.74) is 3.98. The zero-order chi connectivity index (χ0) is 24.9. The lowest BCUT2D eigenvalue weighted by Gasteiger charge is -2.08. The van der Waals surface area contributed by atoms with Crippen LogP contribution in [0.2, 0.25) is 5.02 Å². The van der Waals surface area contributed by atoms with E-state index in [1.165, 1.54) is 4.68 Å². The van der Waals surface area contributed by atoms with Crippen LogP contribution in [0.4, 0.5) is 10.5 Å². The molecule has 1 heterocycles. The van der Waals surface area contributed by atoms with Crippen molar-refractivity contribution in [3.63, 3.8) is 0 Å². The van der Waals surface area contributed by atoms with Gasteiger partial charge in [0.2, 0.25) is 0 Å². The molecule has 5 rings (SSSR count). The van der Waals surface area contributed by atoms with Crippen molar-refractivity contribution in [2.75, 3.05) is 12.4 Å². The Hall–Kier alpha value is -4.55. The molecule has 0 fully saturated rings. The van der Waals surface area contributed by atoms with Crippen molar-refractivity contribution >= 4 is 23.3 Å². The van der Waals surface area contributed by atoms with Crippen molar-refractivity contribution in [3.8, 4) is 39.6 Å². The molecule has 7 heteroatoms. The number of halogens is 1. The first kappa shape index (κ1) is 23.2. The molecule has 178 valence electrons. The molecule has 0 unspecified atom stereocenters. The summed E-state index contributed by atoms with van der Waals surface area (Å²) in [7, 11) is 1.62. The minimum Gasteiger partial charge on any atom is -0.497 e. The molecular formula is C29H22ClN3O3. The molecule has 1 N–H and O–H groups in total. The summed E-state index contributed by atoms with van der Waals surface area (Å²) in [6.45, 7) is 0. The summed E-state index contributed by atoms with van der Waals surface area (Å²) in [5, 5.41) is 8.12. The summed E-state index contributed by atoms with van der Waals surface area (Å²) in [4.78, 5) is 13.1. The summed E-state index contributed by atoms with van der Waals surface area (Å²) >= 11 is 6.07. The molecule has 0 aliphatic rings. The van der Waals surface area contributed by atoms with Crippen molar-refractivity contribution < 1.29 is 14.3 Å². The van der Waals surface area contributed by atoms with Gasteiger partial charge in [-0.25, -0.2) is 4.79 Å². The zero-order valence-corrected chi connectivity index (χ0v) is 20.1. The Kier molecular flexibility index (Phi) is 6.69.